The van der Waals surface area contributed by atoms with Gasteiger partial charge in [0.1, 0.15) is 11.4 Å². The maximum atomic E-state index is 14.4. The minimum Gasteiger partial charge on any atom is -0.476 e. The van der Waals surface area contributed by atoms with Crippen LogP contribution in [0.2, 0.25) is 19.6 Å². The Kier molecular flexibility index (Phi) is 12.1. The van der Waals surface area contributed by atoms with Crippen molar-refractivity contribution in [3.8, 4) is 44.8 Å². The molecule has 0 N–H and O–H groups in total. The molecule has 0 saturated carbocycles. The standard InChI is InChI=1S/C30H28NO.C20H19FNSi.Ir/c1-19(2)25-15-22(20-9-7-6-8-10-20)16-26-24-12-11-21(17-28(24)32-29(25)26)27-18-23(13-14-31-27)30(3,4)5;1-23(2,3)18-13-19(21)20(22-14-18)17-11-9-16(10-12-17)15-7-5-4-6-8-15;/h6-10,12-19H,1-5H3;4-11,13-14H,1-3H3;/q2*-1;. The molecule has 0 bridgehead atoms. The maximum Gasteiger partial charge on any atom is 0.127 e. The van der Waals surface area contributed by atoms with Crippen molar-refractivity contribution in [3.05, 3.63) is 163 Å². The van der Waals surface area contributed by atoms with Crippen LogP contribution in [0.4, 0.5) is 4.39 Å². The molecule has 0 unspecified atom stereocenters. The van der Waals surface area contributed by atoms with E-state index in [-0.39, 0.29) is 31.3 Å². The second kappa shape index (κ2) is 16.6. The monoisotopic (exact) mass is 931 g/mol. The van der Waals surface area contributed by atoms with E-state index < -0.39 is 8.07 Å². The minimum absolute atomic E-state index is 0. The van der Waals surface area contributed by atoms with Gasteiger partial charge in [-0.25, -0.2) is 4.39 Å². The number of furan rings is 1. The van der Waals surface area contributed by atoms with E-state index >= 15 is 0 Å². The summed E-state index contributed by atoms with van der Waals surface area (Å²) >= 11 is 0. The third kappa shape index (κ3) is 8.84. The van der Waals surface area contributed by atoms with E-state index in [9.17, 15) is 4.39 Å². The molecule has 0 aliphatic carbocycles. The average Bonchev–Trinajstić information content (AvgIpc) is 3.56. The number of benzene rings is 5. The second-order valence-corrected chi connectivity index (χ2v) is 21.6. The van der Waals surface area contributed by atoms with Gasteiger partial charge < -0.3 is 14.4 Å². The Morgan fingerprint density at radius 1 is 0.679 bits per heavy atom. The number of nitrogens with zero attached hydrogens (tertiary/aromatic N) is 2. The summed E-state index contributed by atoms with van der Waals surface area (Å²) in [4.78, 5) is 8.96. The molecule has 0 saturated heterocycles. The number of hydrogen-bond acceptors (Lipinski definition) is 3. The normalized spacial score (nSPS) is 11.7. The molecule has 1 radical (unpaired) electrons. The molecule has 0 spiro atoms. The van der Waals surface area contributed by atoms with Crippen molar-refractivity contribution in [1.29, 1.82) is 0 Å². The molecule has 6 heteroatoms. The molecular formula is C50H47FIrN2OSi-2. The zero-order valence-corrected chi connectivity index (χ0v) is 36.7. The number of halogens is 1. The summed E-state index contributed by atoms with van der Waals surface area (Å²) in [6, 6.07) is 47.5. The van der Waals surface area contributed by atoms with Gasteiger partial charge in [-0.05, 0) is 68.1 Å². The van der Waals surface area contributed by atoms with Gasteiger partial charge in [0.15, 0.2) is 0 Å². The topological polar surface area (TPSA) is 38.9 Å². The minimum atomic E-state index is -1.55. The zero-order chi connectivity index (χ0) is 38.9. The summed E-state index contributed by atoms with van der Waals surface area (Å²) in [5, 5.41) is 3.26. The average molecular weight is 931 g/mol. The molecule has 285 valence electrons. The van der Waals surface area contributed by atoms with Crippen molar-refractivity contribution in [1.82, 2.24) is 9.97 Å². The summed E-state index contributed by atoms with van der Waals surface area (Å²) in [5.41, 5.74) is 12.0. The van der Waals surface area contributed by atoms with E-state index in [1.165, 1.54) is 22.3 Å². The van der Waals surface area contributed by atoms with Gasteiger partial charge in [0, 0.05) is 38.2 Å². The molecule has 3 nitrogen and oxygen atoms in total. The van der Waals surface area contributed by atoms with Gasteiger partial charge in [0.2, 0.25) is 0 Å². The van der Waals surface area contributed by atoms with Crippen LogP contribution in [0.15, 0.2) is 138 Å². The van der Waals surface area contributed by atoms with Gasteiger partial charge in [-0.15, -0.1) is 47.5 Å². The van der Waals surface area contributed by atoms with Crippen LogP contribution >= 0.6 is 0 Å². The summed E-state index contributed by atoms with van der Waals surface area (Å²) in [7, 11) is -1.55. The van der Waals surface area contributed by atoms with Gasteiger partial charge >= 0.3 is 0 Å². The Bertz CT molecular complexity index is 2590. The fraction of sp³-hybridized carbons (Fsp3) is 0.200. The maximum absolute atomic E-state index is 14.4. The van der Waals surface area contributed by atoms with Crippen LogP contribution in [-0.2, 0) is 25.5 Å². The SMILES string of the molecule is CC(C)c1cc(-c2ccccc2)cc2c1oc1cc(-c3cc(C(C)(C)C)ccn3)[c-]cc12.C[Si](C)(C)c1cnc(-c2[c-]cc(-c3ccccc3)cc2)c(F)c1.[Ir]. The Balaban J connectivity index is 0.000000197. The van der Waals surface area contributed by atoms with Crippen molar-refractivity contribution in [2.45, 2.75) is 65.6 Å². The summed E-state index contributed by atoms with van der Waals surface area (Å²) < 4.78 is 20.9. The smallest absolute Gasteiger partial charge is 0.127 e. The van der Waals surface area contributed by atoms with Gasteiger partial charge in [0.05, 0.1) is 13.7 Å². The Labute approximate surface area is 345 Å². The van der Waals surface area contributed by atoms with Crippen molar-refractivity contribution >= 4 is 35.2 Å². The van der Waals surface area contributed by atoms with E-state index in [4.69, 9.17) is 4.42 Å². The van der Waals surface area contributed by atoms with E-state index in [1.54, 1.807) is 6.07 Å². The van der Waals surface area contributed by atoms with E-state index in [0.29, 0.717) is 17.2 Å². The third-order valence-corrected chi connectivity index (χ3v) is 12.1. The number of fused-ring (bicyclic) bond motifs is 3. The largest absolute Gasteiger partial charge is 0.476 e. The van der Waals surface area contributed by atoms with Gasteiger partial charge in [-0.2, -0.15) is 0 Å². The number of aromatic nitrogens is 2. The fourth-order valence-corrected chi connectivity index (χ4v) is 7.70. The van der Waals surface area contributed by atoms with E-state index in [0.717, 1.165) is 49.5 Å². The van der Waals surface area contributed by atoms with Crippen molar-refractivity contribution in [2.24, 2.45) is 0 Å². The van der Waals surface area contributed by atoms with Crippen LogP contribution in [-0.4, -0.2) is 18.0 Å². The van der Waals surface area contributed by atoms with Gasteiger partial charge in [-0.3, -0.25) is 0 Å². The summed E-state index contributed by atoms with van der Waals surface area (Å²) in [5.74, 6) is 0.0870. The first-order chi connectivity index (χ1) is 26.3. The Morgan fingerprint density at radius 3 is 1.93 bits per heavy atom. The van der Waals surface area contributed by atoms with Gasteiger partial charge in [-0.1, -0.05) is 150 Å². The second-order valence-electron chi connectivity index (χ2n) is 16.5. The predicted molar refractivity (Wildman–Crippen MR) is 231 cm³/mol. The van der Waals surface area contributed by atoms with Gasteiger partial charge in [0.25, 0.3) is 0 Å². The molecule has 0 aliphatic rings. The molecule has 0 atom stereocenters. The predicted octanol–water partition coefficient (Wildman–Crippen LogP) is 13.4. The van der Waals surface area contributed by atoms with Crippen LogP contribution in [0.25, 0.3) is 66.7 Å². The first-order valence-electron chi connectivity index (χ1n) is 18.9. The van der Waals surface area contributed by atoms with E-state index in [1.807, 2.05) is 60.9 Å². The van der Waals surface area contributed by atoms with Crippen LogP contribution in [0.5, 0.6) is 0 Å². The Morgan fingerprint density at radius 2 is 1.34 bits per heavy atom. The summed E-state index contributed by atoms with van der Waals surface area (Å²) in [6.45, 7) is 17.6. The molecular weight excluding hydrogens is 884 g/mol. The third-order valence-electron chi connectivity index (χ3n) is 10.0. The molecule has 5 aromatic carbocycles. The van der Waals surface area contributed by atoms with Crippen LogP contribution in [0, 0.1) is 17.9 Å². The molecule has 0 amide bonds. The van der Waals surface area contributed by atoms with Crippen LogP contribution < -0.4 is 5.19 Å². The van der Waals surface area contributed by atoms with E-state index in [2.05, 4.69) is 143 Å². The van der Waals surface area contributed by atoms with Crippen LogP contribution in [0.1, 0.15) is 51.7 Å². The molecule has 3 heterocycles. The summed E-state index contributed by atoms with van der Waals surface area (Å²) in [6.07, 6.45) is 3.69. The first-order valence-corrected chi connectivity index (χ1v) is 22.4. The number of rotatable bonds is 6. The first kappa shape index (κ1) is 40.7. The molecule has 8 aromatic rings. The number of hydrogen-bond donors (Lipinski definition) is 0. The molecule has 56 heavy (non-hydrogen) atoms. The Hall–Kier alpha value is -5.00. The molecule has 0 fully saturated rings. The van der Waals surface area contributed by atoms with Crippen molar-refractivity contribution in [3.63, 3.8) is 0 Å². The number of pyridine rings is 2. The molecule has 0 aliphatic heterocycles. The van der Waals surface area contributed by atoms with Crippen LogP contribution in [0.3, 0.4) is 0 Å². The van der Waals surface area contributed by atoms with Crippen molar-refractivity contribution in [2.75, 3.05) is 0 Å². The molecule has 8 rings (SSSR count). The van der Waals surface area contributed by atoms with Crippen molar-refractivity contribution < 1.29 is 28.9 Å². The zero-order valence-electron chi connectivity index (χ0n) is 33.3. The molecule has 3 aromatic heterocycles. The quantitative estimate of drug-likeness (QED) is 0.123. The fourth-order valence-electron chi connectivity index (χ4n) is 6.69.